The summed E-state index contributed by atoms with van der Waals surface area (Å²) in [7, 11) is 0. The Kier molecular flexibility index (Phi) is 2.44. The van der Waals surface area contributed by atoms with Crippen molar-refractivity contribution in [1.29, 1.82) is 0 Å². The van der Waals surface area contributed by atoms with Crippen LogP contribution < -0.4 is 5.73 Å². The van der Waals surface area contributed by atoms with Gasteiger partial charge in [-0.1, -0.05) is 0 Å². The molecule has 0 aliphatic heterocycles. The number of hydrogen-bond donors (Lipinski definition) is 2. The Morgan fingerprint density at radius 1 is 1.40 bits per heavy atom. The summed E-state index contributed by atoms with van der Waals surface area (Å²) in [4.78, 5) is 3.42. The van der Waals surface area contributed by atoms with Crippen LogP contribution in [0.2, 0.25) is 0 Å². The van der Waals surface area contributed by atoms with Crippen molar-refractivity contribution in [1.82, 2.24) is 4.98 Å². The molecule has 0 atom stereocenters. The molecule has 1 aromatic heterocycles. The molecule has 0 radical (unpaired) electrons. The van der Waals surface area contributed by atoms with Crippen LogP contribution in [-0.4, -0.2) is 22.7 Å². The fourth-order valence-corrected chi connectivity index (χ4v) is 2.23. The number of aliphatic hydroxyl groups excluding tert-OH is 1. The third-order valence-electron chi connectivity index (χ3n) is 3.03. The van der Waals surface area contributed by atoms with E-state index < -0.39 is 23.2 Å². The van der Waals surface area contributed by atoms with Crippen LogP contribution in [-0.2, 0) is 5.41 Å². The molecule has 0 unspecified atom stereocenters. The fourth-order valence-electron chi connectivity index (χ4n) is 2.23. The normalized spacial score (nSPS) is 30.0. The minimum absolute atomic E-state index is 0.0368. The summed E-state index contributed by atoms with van der Waals surface area (Å²) in [6, 6.07) is 0. The fraction of sp³-hybridized carbons (Fsp3) is 0.500. The van der Waals surface area contributed by atoms with Gasteiger partial charge in [0.05, 0.1) is 18.5 Å². The van der Waals surface area contributed by atoms with Crippen molar-refractivity contribution in [2.45, 2.75) is 24.4 Å². The molecule has 1 heterocycles. The molecule has 0 amide bonds. The number of hydrogen-bond acceptors (Lipinski definition) is 3. The number of aromatic nitrogens is 1. The highest BCUT2D eigenvalue weighted by molar-refractivity contribution is 5.30. The van der Waals surface area contributed by atoms with Crippen LogP contribution in [0.15, 0.2) is 12.4 Å². The molecule has 1 aliphatic carbocycles. The first-order chi connectivity index (χ1) is 7.09. The van der Waals surface area contributed by atoms with E-state index in [1.54, 1.807) is 0 Å². The van der Waals surface area contributed by atoms with Gasteiger partial charge in [-0.2, -0.15) is 0 Å². The third-order valence-corrected chi connectivity index (χ3v) is 3.03. The molecule has 1 saturated carbocycles. The van der Waals surface area contributed by atoms with E-state index in [0.29, 0.717) is 12.8 Å². The SMILES string of the molecule is NCC1(c2c(F)cncc2F)CC(O)C1. The molecule has 0 spiro atoms. The minimum atomic E-state index is -0.753. The molecule has 0 saturated heterocycles. The van der Waals surface area contributed by atoms with E-state index in [0.717, 1.165) is 12.4 Å². The van der Waals surface area contributed by atoms with Crippen molar-refractivity contribution in [3.05, 3.63) is 29.6 Å². The molecule has 3 N–H and O–H groups in total. The number of pyridine rings is 1. The van der Waals surface area contributed by atoms with E-state index in [4.69, 9.17) is 5.73 Å². The van der Waals surface area contributed by atoms with Gasteiger partial charge < -0.3 is 10.8 Å². The highest BCUT2D eigenvalue weighted by atomic mass is 19.1. The van der Waals surface area contributed by atoms with Gasteiger partial charge in [0, 0.05) is 17.5 Å². The maximum absolute atomic E-state index is 13.4. The highest BCUT2D eigenvalue weighted by Crippen LogP contribution is 2.44. The Balaban J connectivity index is 2.44. The second-order valence-electron chi connectivity index (χ2n) is 4.02. The summed E-state index contributed by atoms with van der Waals surface area (Å²) < 4.78 is 26.9. The van der Waals surface area contributed by atoms with Crippen LogP contribution in [0.4, 0.5) is 8.78 Å². The van der Waals surface area contributed by atoms with Crippen molar-refractivity contribution in [2.24, 2.45) is 5.73 Å². The smallest absolute Gasteiger partial charge is 0.148 e. The van der Waals surface area contributed by atoms with E-state index in [2.05, 4.69) is 4.98 Å². The summed E-state index contributed by atoms with van der Waals surface area (Å²) >= 11 is 0. The van der Waals surface area contributed by atoms with Crippen molar-refractivity contribution < 1.29 is 13.9 Å². The summed E-state index contributed by atoms with van der Waals surface area (Å²) in [6.07, 6.45) is 2.05. The van der Waals surface area contributed by atoms with Crippen LogP contribution in [0.25, 0.3) is 0 Å². The summed E-state index contributed by atoms with van der Waals surface area (Å²) in [5, 5.41) is 9.24. The molecule has 82 valence electrons. The topological polar surface area (TPSA) is 59.1 Å². The lowest BCUT2D eigenvalue weighted by molar-refractivity contribution is 0.0186. The Morgan fingerprint density at radius 2 is 1.93 bits per heavy atom. The number of rotatable bonds is 2. The molecule has 0 aromatic carbocycles. The van der Waals surface area contributed by atoms with Gasteiger partial charge in [-0.25, -0.2) is 8.78 Å². The van der Waals surface area contributed by atoms with Gasteiger partial charge in [-0.15, -0.1) is 0 Å². The first-order valence-corrected chi connectivity index (χ1v) is 4.77. The summed E-state index contributed by atoms with van der Waals surface area (Å²) in [5.41, 5.74) is 4.75. The quantitative estimate of drug-likeness (QED) is 0.762. The van der Waals surface area contributed by atoms with Gasteiger partial charge >= 0.3 is 0 Å². The maximum Gasteiger partial charge on any atom is 0.148 e. The van der Waals surface area contributed by atoms with E-state index >= 15 is 0 Å². The largest absolute Gasteiger partial charge is 0.393 e. The lowest BCUT2D eigenvalue weighted by Gasteiger charge is -2.45. The van der Waals surface area contributed by atoms with Gasteiger partial charge in [-0.05, 0) is 12.8 Å². The van der Waals surface area contributed by atoms with Crippen LogP contribution in [0.1, 0.15) is 18.4 Å². The first-order valence-electron chi connectivity index (χ1n) is 4.77. The van der Waals surface area contributed by atoms with Crippen molar-refractivity contribution in [2.75, 3.05) is 6.54 Å². The number of aliphatic hydroxyl groups is 1. The predicted molar refractivity (Wildman–Crippen MR) is 50.1 cm³/mol. The van der Waals surface area contributed by atoms with Crippen molar-refractivity contribution >= 4 is 0 Å². The number of nitrogens with two attached hydrogens (primary N) is 1. The molecule has 1 aromatic rings. The Morgan fingerprint density at radius 3 is 2.33 bits per heavy atom. The lowest BCUT2D eigenvalue weighted by atomic mass is 9.62. The van der Waals surface area contributed by atoms with Gasteiger partial charge in [0.25, 0.3) is 0 Å². The summed E-state index contributed by atoms with van der Waals surface area (Å²) in [6.45, 7) is 0.127. The van der Waals surface area contributed by atoms with Crippen molar-refractivity contribution in [3.63, 3.8) is 0 Å². The zero-order chi connectivity index (χ0) is 11.1. The van der Waals surface area contributed by atoms with E-state index in [1.165, 1.54) is 0 Å². The molecule has 0 bridgehead atoms. The molecular weight excluding hydrogens is 202 g/mol. The maximum atomic E-state index is 13.4. The van der Waals surface area contributed by atoms with Crippen LogP contribution in [0, 0.1) is 11.6 Å². The zero-order valence-electron chi connectivity index (χ0n) is 8.08. The van der Waals surface area contributed by atoms with Crippen LogP contribution in [0.3, 0.4) is 0 Å². The molecular formula is C10H12F2N2O. The highest BCUT2D eigenvalue weighted by Gasteiger charge is 2.47. The Hall–Kier alpha value is -1.07. The molecule has 15 heavy (non-hydrogen) atoms. The van der Waals surface area contributed by atoms with Gasteiger partial charge in [0.15, 0.2) is 0 Å². The zero-order valence-corrected chi connectivity index (χ0v) is 8.08. The first kappa shape index (κ1) is 10.4. The van der Waals surface area contributed by atoms with Crippen LogP contribution >= 0.6 is 0 Å². The van der Waals surface area contributed by atoms with E-state index in [9.17, 15) is 13.9 Å². The molecule has 1 aliphatic rings. The molecule has 1 fully saturated rings. The Labute approximate surface area is 85.9 Å². The average molecular weight is 214 g/mol. The molecule has 2 rings (SSSR count). The predicted octanol–water partition coefficient (Wildman–Crippen LogP) is 0.711. The van der Waals surface area contributed by atoms with Gasteiger partial charge in [0.2, 0.25) is 0 Å². The van der Waals surface area contributed by atoms with Gasteiger partial charge in [0.1, 0.15) is 11.6 Å². The monoisotopic (exact) mass is 214 g/mol. The van der Waals surface area contributed by atoms with E-state index in [-0.39, 0.29) is 12.1 Å². The van der Waals surface area contributed by atoms with Crippen LogP contribution in [0.5, 0.6) is 0 Å². The molecule has 5 heteroatoms. The number of halogens is 2. The lowest BCUT2D eigenvalue weighted by Crippen LogP contribution is -2.50. The third kappa shape index (κ3) is 1.52. The molecule has 3 nitrogen and oxygen atoms in total. The minimum Gasteiger partial charge on any atom is -0.393 e. The summed E-state index contributed by atoms with van der Waals surface area (Å²) in [5.74, 6) is -1.38. The van der Waals surface area contributed by atoms with Crippen molar-refractivity contribution in [3.8, 4) is 0 Å². The second-order valence-corrected chi connectivity index (χ2v) is 4.02. The second kappa shape index (κ2) is 3.50. The standard InChI is InChI=1S/C10H12F2N2O/c11-7-3-14-4-8(12)9(7)10(5-13)1-6(15)2-10/h3-4,6,15H,1-2,5,13H2. The van der Waals surface area contributed by atoms with E-state index in [1.807, 2.05) is 0 Å². The van der Waals surface area contributed by atoms with Gasteiger partial charge in [-0.3, -0.25) is 4.98 Å². The average Bonchev–Trinajstić information content (AvgIpc) is 2.14. The number of nitrogens with zero attached hydrogens (tertiary/aromatic N) is 1. The Bertz CT molecular complexity index is 357.